The van der Waals surface area contributed by atoms with Gasteiger partial charge in [-0.2, -0.15) is 5.10 Å². The maximum atomic E-state index is 13.7. The number of hydrogen-bond acceptors (Lipinski definition) is 3. The Morgan fingerprint density at radius 1 is 1.58 bits per heavy atom. The first kappa shape index (κ1) is 14.0. The summed E-state index contributed by atoms with van der Waals surface area (Å²) in [5.41, 5.74) is 0.241. The molecule has 0 aliphatic carbocycles. The number of ether oxygens (including phenoxy) is 1. The maximum absolute atomic E-state index is 13.7. The predicted molar refractivity (Wildman–Crippen MR) is 72.2 cm³/mol. The van der Waals surface area contributed by atoms with E-state index in [2.05, 4.69) is 21.0 Å². The minimum atomic E-state index is -0.574. The number of nitrogens with zero attached hydrogens (tertiary/aromatic N) is 2. The molecule has 0 radical (unpaired) electrons. The van der Waals surface area contributed by atoms with Gasteiger partial charge in [-0.05, 0) is 41.1 Å². The molecule has 19 heavy (non-hydrogen) atoms. The van der Waals surface area contributed by atoms with E-state index in [9.17, 15) is 9.18 Å². The van der Waals surface area contributed by atoms with Crippen LogP contribution in [0, 0.1) is 5.82 Å². The van der Waals surface area contributed by atoms with Crippen LogP contribution >= 0.6 is 27.5 Å². The average Bonchev–Trinajstić information content (AvgIpc) is 2.74. The van der Waals surface area contributed by atoms with Gasteiger partial charge in [-0.3, -0.25) is 0 Å². The third-order valence-corrected chi connectivity index (χ3v) is 3.11. The van der Waals surface area contributed by atoms with E-state index in [0.717, 1.165) is 0 Å². The summed E-state index contributed by atoms with van der Waals surface area (Å²) in [5.74, 6) is -1.06. The van der Waals surface area contributed by atoms with Crippen molar-refractivity contribution < 1.29 is 13.9 Å². The lowest BCUT2D eigenvalue weighted by atomic mass is 10.3. The highest BCUT2D eigenvalue weighted by molar-refractivity contribution is 9.10. The van der Waals surface area contributed by atoms with Crippen molar-refractivity contribution in [3.63, 3.8) is 0 Å². The van der Waals surface area contributed by atoms with Crippen LogP contribution in [0.2, 0.25) is 5.02 Å². The number of hydrogen-bond donors (Lipinski definition) is 0. The highest BCUT2D eigenvalue weighted by atomic mass is 79.9. The van der Waals surface area contributed by atoms with Crippen LogP contribution in [0.5, 0.6) is 0 Å². The molecule has 0 bridgehead atoms. The maximum Gasteiger partial charge on any atom is 0.360 e. The summed E-state index contributed by atoms with van der Waals surface area (Å²) in [6.45, 7) is 1.93. The van der Waals surface area contributed by atoms with Crippen LogP contribution in [0.4, 0.5) is 4.39 Å². The van der Waals surface area contributed by atoms with E-state index < -0.39 is 11.8 Å². The van der Waals surface area contributed by atoms with Gasteiger partial charge in [0.05, 0.1) is 11.1 Å². The van der Waals surface area contributed by atoms with Crippen LogP contribution in [0.3, 0.4) is 0 Å². The molecule has 0 saturated heterocycles. The Labute approximate surface area is 122 Å². The molecule has 0 atom stereocenters. The van der Waals surface area contributed by atoms with Crippen molar-refractivity contribution in [1.29, 1.82) is 0 Å². The molecular weight excluding hydrogens is 338 g/mol. The van der Waals surface area contributed by atoms with Gasteiger partial charge >= 0.3 is 5.97 Å². The summed E-state index contributed by atoms with van der Waals surface area (Å²) in [7, 11) is 0. The Kier molecular flexibility index (Phi) is 4.21. The fourth-order valence-electron chi connectivity index (χ4n) is 1.48. The molecular formula is C12H9BrClFN2O2. The van der Waals surface area contributed by atoms with Gasteiger partial charge < -0.3 is 4.74 Å². The third kappa shape index (κ3) is 2.96. The lowest BCUT2D eigenvalue weighted by Gasteiger charge is -2.03. The van der Waals surface area contributed by atoms with Crippen LogP contribution in [0.25, 0.3) is 5.69 Å². The zero-order chi connectivity index (χ0) is 14.0. The van der Waals surface area contributed by atoms with Gasteiger partial charge in [0.2, 0.25) is 0 Å². The van der Waals surface area contributed by atoms with E-state index in [-0.39, 0.29) is 18.0 Å². The molecule has 100 valence electrons. The largest absolute Gasteiger partial charge is 0.461 e. The molecule has 0 unspecified atom stereocenters. The molecule has 0 aliphatic rings. The molecule has 0 fully saturated rings. The summed E-state index contributed by atoms with van der Waals surface area (Å²) in [4.78, 5) is 11.6. The van der Waals surface area contributed by atoms with Gasteiger partial charge in [-0.15, -0.1) is 0 Å². The number of rotatable bonds is 3. The number of carbonyl (C=O) groups is 1. The molecule has 1 heterocycles. The lowest BCUT2D eigenvalue weighted by molar-refractivity contribution is 0.0518. The smallest absolute Gasteiger partial charge is 0.360 e. The van der Waals surface area contributed by atoms with E-state index in [0.29, 0.717) is 9.50 Å². The van der Waals surface area contributed by atoms with Gasteiger partial charge in [0.15, 0.2) is 5.69 Å². The van der Waals surface area contributed by atoms with E-state index in [4.69, 9.17) is 16.3 Å². The summed E-state index contributed by atoms with van der Waals surface area (Å²) < 4.78 is 20.2. The zero-order valence-corrected chi connectivity index (χ0v) is 12.2. The summed E-state index contributed by atoms with van der Waals surface area (Å²) in [6, 6.07) is 4.09. The first-order valence-corrected chi connectivity index (χ1v) is 6.57. The first-order chi connectivity index (χ1) is 9.02. The van der Waals surface area contributed by atoms with Crippen molar-refractivity contribution >= 4 is 33.5 Å². The molecule has 0 N–H and O–H groups in total. The Morgan fingerprint density at radius 2 is 2.32 bits per heavy atom. The van der Waals surface area contributed by atoms with E-state index in [1.807, 2.05) is 0 Å². The molecule has 0 spiro atoms. The number of esters is 1. The minimum absolute atomic E-state index is 0.0845. The highest BCUT2D eigenvalue weighted by Crippen LogP contribution is 2.22. The second-order valence-electron chi connectivity index (χ2n) is 3.59. The SMILES string of the molecule is CCOC(=O)c1nn(-c2cc(Cl)ccc2F)cc1Br. The summed E-state index contributed by atoms with van der Waals surface area (Å²) >= 11 is 9.00. The van der Waals surface area contributed by atoms with Crippen molar-refractivity contribution in [1.82, 2.24) is 9.78 Å². The standard InChI is InChI=1S/C12H9BrClFN2O2/c1-2-19-12(18)11-8(13)6-17(16-11)10-5-7(14)3-4-9(10)15/h3-6H,2H2,1H3. The van der Waals surface area contributed by atoms with Crippen LogP contribution < -0.4 is 0 Å². The molecule has 0 amide bonds. The van der Waals surface area contributed by atoms with Crippen molar-refractivity contribution in [3.8, 4) is 5.69 Å². The normalized spacial score (nSPS) is 10.5. The second-order valence-corrected chi connectivity index (χ2v) is 4.88. The van der Waals surface area contributed by atoms with Crippen LogP contribution in [-0.4, -0.2) is 22.4 Å². The Hall–Kier alpha value is -1.40. The van der Waals surface area contributed by atoms with Gasteiger partial charge in [0, 0.05) is 11.2 Å². The number of halogens is 3. The molecule has 0 aliphatic heterocycles. The highest BCUT2D eigenvalue weighted by Gasteiger charge is 2.18. The van der Waals surface area contributed by atoms with E-state index in [1.54, 1.807) is 6.92 Å². The molecule has 2 rings (SSSR count). The molecule has 2 aromatic rings. The summed E-state index contributed by atoms with van der Waals surface area (Å²) in [6.07, 6.45) is 1.47. The van der Waals surface area contributed by atoms with Crippen molar-refractivity contribution in [3.05, 3.63) is 45.4 Å². The Balaban J connectivity index is 2.44. The van der Waals surface area contributed by atoms with Gasteiger partial charge in [-0.1, -0.05) is 11.6 Å². The van der Waals surface area contributed by atoms with E-state index in [1.165, 1.54) is 29.1 Å². The number of carbonyl (C=O) groups excluding carboxylic acids is 1. The predicted octanol–water partition coefficient (Wildman–Crippen LogP) is 3.60. The fraction of sp³-hybridized carbons (Fsp3) is 0.167. The molecule has 4 nitrogen and oxygen atoms in total. The van der Waals surface area contributed by atoms with Gasteiger partial charge in [0.25, 0.3) is 0 Å². The Bertz CT molecular complexity index is 630. The average molecular weight is 348 g/mol. The second kappa shape index (κ2) is 5.71. The Morgan fingerprint density at radius 3 is 3.00 bits per heavy atom. The molecule has 0 saturated carbocycles. The van der Waals surface area contributed by atoms with Crippen molar-refractivity contribution in [2.75, 3.05) is 6.61 Å². The van der Waals surface area contributed by atoms with Crippen LogP contribution in [-0.2, 0) is 4.74 Å². The number of benzene rings is 1. The van der Waals surface area contributed by atoms with Crippen molar-refractivity contribution in [2.24, 2.45) is 0 Å². The minimum Gasteiger partial charge on any atom is -0.461 e. The van der Waals surface area contributed by atoms with Crippen molar-refractivity contribution in [2.45, 2.75) is 6.92 Å². The topological polar surface area (TPSA) is 44.1 Å². The lowest BCUT2D eigenvalue weighted by Crippen LogP contribution is -2.07. The quantitative estimate of drug-likeness (QED) is 0.797. The zero-order valence-electron chi connectivity index (χ0n) is 9.86. The van der Waals surface area contributed by atoms with Gasteiger partial charge in [-0.25, -0.2) is 13.9 Å². The molecule has 1 aromatic heterocycles. The van der Waals surface area contributed by atoms with Crippen LogP contribution in [0.15, 0.2) is 28.9 Å². The monoisotopic (exact) mass is 346 g/mol. The number of aromatic nitrogens is 2. The van der Waals surface area contributed by atoms with Gasteiger partial charge in [0.1, 0.15) is 11.5 Å². The summed E-state index contributed by atoms with van der Waals surface area (Å²) in [5, 5.41) is 4.37. The van der Waals surface area contributed by atoms with Crippen LogP contribution in [0.1, 0.15) is 17.4 Å². The van der Waals surface area contributed by atoms with E-state index >= 15 is 0 Å². The third-order valence-electron chi connectivity index (χ3n) is 2.29. The molecule has 7 heteroatoms. The molecule has 1 aromatic carbocycles. The fourth-order valence-corrected chi connectivity index (χ4v) is 2.08. The first-order valence-electron chi connectivity index (χ1n) is 5.40.